The molecule has 1 fully saturated rings. The topological polar surface area (TPSA) is 12.0 Å². The number of benzene rings is 1. The van der Waals surface area contributed by atoms with Gasteiger partial charge in [-0.3, -0.25) is 0 Å². The molecular weight excluding hydrogens is 331 g/mol. The molecule has 20 heavy (non-hydrogen) atoms. The highest BCUT2D eigenvalue weighted by molar-refractivity contribution is 9.10. The molecule has 5 heteroatoms. The first-order chi connectivity index (χ1) is 9.43. The third kappa shape index (κ3) is 3.55. The molecule has 1 saturated carbocycles. The molecule has 0 aromatic heterocycles. The molecule has 1 aromatic carbocycles. The summed E-state index contributed by atoms with van der Waals surface area (Å²) in [5, 5.41) is 3.20. The van der Waals surface area contributed by atoms with Crippen molar-refractivity contribution in [1.29, 1.82) is 0 Å². The van der Waals surface area contributed by atoms with Crippen molar-refractivity contribution in [3.63, 3.8) is 0 Å². The molecule has 0 spiro atoms. The Bertz CT molecular complexity index is 453. The summed E-state index contributed by atoms with van der Waals surface area (Å²) in [6.07, 6.45) is 1.43. The van der Waals surface area contributed by atoms with Crippen molar-refractivity contribution < 1.29 is 13.2 Å². The van der Waals surface area contributed by atoms with Crippen LogP contribution in [0.4, 0.5) is 13.2 Å². The number of rotatable bonds is 3. The zero-order valence-corrected chi connectivity index (χ0v) is 13.0. The van der Waals surface area contributed by atoms with Crippen LogP contribution in [-0.2, 0) is 6.18 Å². The first-order valence-corrected chi connectivity index (χ1v) is 7.76. The Morgan fingerprint density at radius 2 is 1.85 bits per heavy atom. The first kappa shape index (κ1) is 15.8. The van der Waals surface area contributed by atoms with Crippen LogP contribution >= 0.6 is 15.9 Å². The lowest BCUT2D eigenvalue weighted by atomic mass is 9.81. The Morgan fingerprint density at radius 1 is 1.20 bits per heavy atom. The number of hydrogen-bond acceptors (Lipinski definition) is 1. The molecule has 1 aliphatic rings. The second kappa shape index (κ2) is 6.48. The highest BCUT2D eigenvalue weighted by Gasteiger charge is 2.34. The fourth-order valence-corrected chi connectivity index (χ4v) is 3.57. The van der Waals surface area contributed by atoms with Gasteiger partial charge in [-0.1, -0.05) is 41.3 Å². The Labute approximate surface area is 126 Å². The van der Waals surface area contributed by atoms with Gasteiger partial charge in [0.25, 0.3) is 0 Å². The van der Waals surface area contributed by atoms with E-state index < -0.39 is 11.7 Å². The van der Waals surface area contributed by atoms with Crippen LogP contribution < -0.4 is 5.32 Å². The summed E-state index contributed by atoms with van der Waals surface area (Å²) in [6.45, 7) is 0. The lowest BCUT2D eigenvalue weighted by Gasteiger charge is -2.31. The van der Waals surface area contributed by atoms with Crippen molar-refractivity contribution in [1.82, 2.24) is 5.32 Å². The van der Waals surface area contributed by atoms with Crippen LogP contribution in [0.2, 0.25) is 0 Å². The van der Waals surface area contributed by atoms with Crippen molar-refractivity contribution in [2.75, 3.05) is 7.05 Å². The van der Waals surface area contributed by atoms with E-state index in [9.17, 15) is 13.2 Å². The molecule has 1 N–H and O–H groups in total. The molecule has 1 aromatic rings. The normalized spacial score (nSPS) is 19.1. The van der Waals surface area contributed by atoms with Gasteiger partial charge in [-0.25, -0.2) is 0 Å². The van der Waals surface area contributed by atoms with Gasteiger partial charge in [0, 0.05) is 10.5 Å². The summed E-state index contributed by atoms with van der Waals surface area (Å²) in [5.41, 5.74) is 0.140. The van der Waals surface area contributed by atoms with Gasteiger partial charge in [0.1, 0.15) is 0 Å². The van der Waals surface area contributed by atoms with Gasteiger partial charge in [0.2, 0.25) is 0 Å². The number of hydrogen-bond donors (Lipinski definition) is 1. The standard InChI is InChI=1S/C15H19BrF3N/c1-20-14(10-5-3-2-4-6-10)11-7-8-13(16)12(9-11)15(17,18)19/h7-10,14,20H,2-6H2,1H3. The van der Waals surface area contributed by atoms with Gasteiger partial charge in [-0.05, 0) is 43.5 Å². The van der Waals surface area contributed by atoms with Crippen molar-refractivity contribution in [3.8, 4) is 0 Å². The van der Waals surface area contributed by atoms with Crippen molar-refractivity contribution in [2.45, 2.75) is 44.3 Å². The van der Waals surface area contributed by atoms with Crippen molar-refractivity contribution >= 4 is 15.9 Å². The molecule has 0 radical (unpaired) electrons. The maximum atomic E-state index is 13.0. The van der Waals surface area contributed by atoms with Gasteiger partial charge < -0.3 is 5.32 Å². The minimum Gasteiger partial charge on any atom is -0.313 e. The fourth-order valence-electron chi connectivity index (χ4n) is 3.10. The van der Waals surface area contributed by atoms with E-state index in [1.165, 1.54) is 31.4 Å². The van der Waals surface area contributed by atoms with E-state index in [1.807, 2.05) is 7.05 Å². The summed E-state index contributed by atoms with van der Waals surface area (Å²) in [7, 11) is 1.83. The Morgan fingerprint density at radius 3 is 2.40 bits per heavy atom. The molecular formula is C15H19BrF3N. The van der Waals surface area contributed by atoms with Gasteiger partial charge in [0.15, 0.2) is 0 Å². The Kier molecular flexibility index (Phi) is 5.13. The first-order valence-electron chi connectivity index (χ1n) is 6.97. The average Bonchev–Trinajstić information content (AvgIpc) is 2.41. The zero-order chi connectivity index (χ0) is 14.8. The van der Waals surface area contributed by atoms with Gasteiger partial charge in [0.05, 0.1) is 5.56 Å². The molecule has 1 unspecified atom stereocenters. The highest BCUT2D eigenvalue weighted by Crippen LogP contribution is 2.39. The maximum absolute atomic E-state index is 13.0. The van der Waals surface area contributed by atoms with Gasteiger partial charge >= 0.3 is 6.18 Å². The third-order valence-electron chi connectivity index (χ3n) is 4.09. The monoisotopic (exact) mass is 349 g/mol. The van der Waals surface area contributed by atoms with Crippen molar-refractivity contribution in [2.24, 2.45) is 5.92 Å². The molecule has 0 amide bonds. The summed E-state index contributed by atoms with van der Waals surface area (Å²) >= 11 is 2.99. The van der Waals surface area contributed by atoms with E-state index in [2.05, 4.69) is 21.2 Å². The molecule has 0 saturated heterocycles. The van der Waals surface area contributed by atoms with E-state index in [0.29, 0.717) is 5.92 Å². The lowest BCUT2D eigenvalue weighted by Crippen LogP contribution is -2.27. The Hall–Kier alpha value is -0.550. The van der Waals surface area contributed by atoms with Crippen LogP contribution in [0.5, 0.6) is 0 Å². The lowest BCUT2D eigenvalue weighted by molar-refractivity contribution is -0.138. The smallest absolute Gasteiger partial charge is 0.313 e. The predicted octanol–water partition coefficient (Wildman–Crippen LogP) is 5.31. The molecule has 1 nitrogen and oxygen atoms in total. The van der Waals surface area contributed by atoms with Crippen LogP contribution in [0.15, 0.2) is 22.7 Å². The maximum Gasteiger partial charge on any atom is 0.417 e. The van der Waals surface area contributed by atoms with Crippen LogP contribution in [-0.4, -0.2) is 7.05 Å². The SMILES string of the molecule is CNC(c1ccc(Br)c(C(F)(F)F)c1)C1CCCCC1. The van der Waals surface area contributed by atoms with Crippen LogP contribution in [0.1, 0.15) is 49.3 Å². The van der Waals surface area contributed by atoms with E-state index >= 15 is 0 Å². The predicted molar refractivity (Wildman–Crippen MR) is 77.5 cm³/mol. The molecule has 0 bridgehead atoms. The van der Waals surface area contributed by atoms with Crippen LogP contribution in [0, 0.1) is 5.92 Å². The summed E-state index contributed by atoms with van der Waals surface area (Å²) in [5.74, 6) is 0.427. The number of alkyl halides is 3. The molecule has 1 aliphatic carbocycles. The summed E-state index contributed by atoms with van der Waals surface area (Å²) < 4.78 is 39.1. The van der Waals surface area contributed by atoms with Crippen LogP contribution in [0.3, 0.4) is 0 Å². The second-order valence-corrected chi connectivity index (χ2v) is 6.26. The number of nitrogens with one attached hydrogen (secondary N) is 1. The summed E-state index contributed by atoms with van der Waals surface area (Å²) in [6, 6.07) is 4.57. The molecule has 1 atom stereocenters. The van der Waals surface area contributed by atoms with Gasteiger partial charge in [-0.15, -0.1) is 0 Å². The molecule has 0 heterocycles. The zero-order valence-electron chi connectivity index (χ0n) is 11.4. The fraction of sp³-hybridized carbons (Fsp3) is 0.600. The third-order valence-corrected chi connectivity index (χ3v) is 4.78. The second-order valence-electron chi connectivity index (χ2n) is 5.40. The highest BCUT2D eigenvalue weighted by atomic mass is 79.9. The molecule has 0 aliphatic heterocycles. The quantitative estimate of drug-likeness (QED) is 0.779. The van der Waals surface area contributed by atoms with E-state index in [-0.39, 0.29) is 10.5 Å². The minimum absolute atomic E-state index is 0.00417. The number of halogens is 4. The van der Waals surface area contributed by atoms with E-state index in [0.717, 1.165) is 18.4 Å². The average molecular weight is 350 g/mol. The van der Waals surface area contributed by atoms with Crippen LogP contribution in [0.25, 0.3) is 0 Å². The van der Waals surface area contributed by atoms with Crippen molar-refractivity contribution in [3.05, 3.63) is 33.8 Å². The molecule has 2 rings (SSSR count). The largest absolute Gasteiger partial charge is 0.417 e. The van der Waals surface area contributed by atoms with Gasteiger partial charge in [-0.2, -0.15) is 13.2 Å². The summed E-state index contributed by atoms with van der Waals surface area (Å²) in [4.78, 5) is 0. The van der Waals surface area contributed by atoms with E-state index in [1.54, 1.807) is 6.07 Å². The Balaban J connectivity index is 2.30. The minimum atomic E-state index is -4.32. The van der Waals surface area contributed by atoms with E-state index in [4.69, 9.17) is 0 Å². The molecule has 112 valence electrons.